The summed E-state index contributed by atoms with van der Waals surface area (Å²) >= 11 is 0. The van der Waals surface area contributed by atoms with E-state index in [9.17, 15) is 8.42 Å². The third-order valence-electron chi connectivity index (χ3n) is 1.65. The Balaban J connectivity index is 3.02. The van der Waals surface area contributed by atoms with E-state index in [0.717, 1.165) is 0 Å². The molecule has 1 unspecified atom stereocenters. The van der Waals surface area contributed by atoms with Crippen LogP contribution in [0.2, 0.25) is 0 Å². The van der Waals surface area contributed by atoms with Gasteiger partial charge in [-0.3, -0.25) is 0 Å². The Morgan fingerprint density at radius 2 is 1.93 bits per heavy atom. The van der Waals surface area contributed by atoms with Crippen LogP contribution in [0, 0.1) is 12.3 Å². The summed E-state index contributed by atoms with van der Waals surface area (Å²) in [5, 5.41) is 0. The van der Waals surface area contributed by atoms with Crippen LogP contribution < -0.4 is 10.5 Å². The summed E-state index contributed by atoms with van der Waals surface area (Å²) in [6.07, 6.45) is 6.21. The molecule has 0 aliphatic rings. The van der Waals surface area contributed by atoms with Crippen LogP contribution in [0.15, 0.2) is 29.2 Å². The maximum Gasteiger partial charge on any atom is 0.241 e. The Morgan fingerprint density at radius 3 is 2.33 bits per heavy atom. The molecule has 0 aliphatic heterocycles. The van der Waals surface area contributed by atoms with Crippen molar-refractivity contribution in [3.8, 4) is 5.92 Å². The van der Waals surface area contributed by atoms with E-state index >= 15 is 0 Å². The molecule has 0 heterocycles. The minimum absolute atomic E-state index is 0.124. The first-order valence-corrected chi connectivity index (χ1v) is 5.75. The highest BCUT2D eigenvalue weighted by atomic mass is 32.2. The minimum Gasteiger partial charge on any atom is -0.315 e. The first kappa shape index (κ1) is 11.7. The second-order valence-electron chi connectivity index (χ2n) is 3.06. The van der Waals surface area contributed by atoms with Gasteiger partial charge in [0.05, 0.1) is 11.1 Å². The Bertz CT molecular complexity index is 469. The molecule has 4 nitrogen and oxygen atoms in total. The third-order valence-corrected chi connectivity index (χ3v) is 3.22. The maximum atomic E-state index is 11.6. The van der Waals surface area contributed by atoms with Crippen LogP contribution in [-0.4, -0.2) is 14.6 Å². The van der Waals surface area contributed by atoms with E-state index in [1.807, 2.05) is 0 Å². The van der Waals surface area contributed by atoms with Gasteiger partial charge in [0.15, 0.2) is 0 Å². The Hall–Kier alpha value is -1.35. The second kappa shape index (κ2) is 4.45. The Morgan fingerprint density at radius 1 is 1.40 bits per heavy atom. The monoisotopic (exact) mass is 223 g/mol. The summed E-state index contributed by atoms with van der Waals surface area (Å²) in [7, 11) is -3.55. The third kappa shape index (κ3) is 3.06. The van der Waals surface area contributed by atoms with Gasteiger partial charge in [-0.25, -0.2) is 8.42 Å². The van der Waals surface area contributed by atoms with Gasteiger partial charge in [-0.15, -0.1) is 0 Å². The molecule has 0 aliphatic carbocycles. The summed E-state index contributed by atoms with van der Waals surface area (Å²) in [6, 6.07) is 5.81. The van der Waals surface area contributed by atoms with Gasteiger partial charge in [0.25, 0.3) is 0 Å². The topological polar surface area (TPSA) is 72.2 Å². The lowest BCUT2D eigenvalue weighted by Crippen LogP contribution is -2.38. The van der Waals surface area contributed by atoms with E-state index in [4.69, 9.17) is 12.2 Å². The fourth-order valence-corrected chi connectivity index (χ4v) is 2.15. The van der Waals surface area contributed by atoms with Crippen LogP contribution in [-0.2, 0) is 10.0 Å². The Kier molecular flexibility index (Phi) is 3.48. The molecule has 5 heteroatoms. The zero-order valence-electron chi connectivity index (χ0n) is 8.19. The van der Waals surface area contributed by atoms with Crippen LogP contribution in [0.25, 0.3) is 0 Å². The fraction of sp³-hybridized carbons (Fsp3) is 0.200. The van der Waals surface area contributed by atoms with E-state index < -0.39 is 16.2 Å². The predicted octanol–water partition coefficient (Wildman–Crippen LogP) is 0.207. The summed E-state index contributed by atoms with van der Waals surface area (Å²) in [6.45, 7) is 1.54. The lowest BCUT2D eigenvalue weighted by molar-refractivity contribution is 0.565. The van der Waals surface area contributed by atoms with Crippen molar-refractivity contribution >= 4 is 10.0 Å². The Labute approximate surface area is 89.5 Å². The molecule has 0 bridgehead atoms. The standard InChI is InChI=1S/C10H11N2O2S/c1-3-9-4-6-10(7-5-9)15(13,14)12-8(2)11/h4-8,12H,11H2,2H3. The molecule has 1 atom stereocenters. The molecular weight excluding hydrogens is 212 g/mol. The molecule has 15 heavy (non-hydrogen) atoms. The van der Waals surface area contributed by atoms with Gasteiger partial charge in [-0.1, -0.05) is 5.92 Å². The number of benzene rings is 1. The molecule has 0 spiro atoms. The molecule has 0 amide bonds. The number of sulfonamides is 1. The smallest absolute Gasteiger partial charge is 0.241 e. The summed E-state index contributed by atoms with van der Waals surface area (Å²) in [4.78, 5) is 0.124. The maximum absolute atomic E-state index is 11.6. The second-order valence-corrected chi connectivity index (χ2v) is 4.77. The zero-order valence-corrected chi connectivity index (χ0v) is 9.01. The molecule has 1 aromatic carbocycles. The van der Waals surface area contributed by atoms with Crippen LogP contribution in [0.1, 0.15) is 12.5 Å². The average molecular weight is 223 g/mol. The van der Waals surface area contributed by atoms with Crippen molar-refractivity contribution in [2.75, 3.05) is 0 Å². The van der Waals surface area contributed by atoms with Crippen LogP contribution in [0.4, 0.5) is 0 Å². The van der Waals surface area contributed by atoms with E-state index in [1.165, 1.54) is 31.2 Å². The molecular formula is C10H11N2O2S. The quantitative estimate of drug-likeness (QED) is 0.568. The predicted molar refractivity (Wildman–Crippen MR) is 56.6 cm³/mol. The molecule has 1 rings (SSSR count). The highest BCUT2D eigenvalue weighted by Crippen LogP contribution is 2.09. The van der Waals surface area contributed by atoms with E-state index in [2.05, 4.69) is 10.6 Å². The van der Waals surface area contributed by atoms with Crippen molar-refractivity contribution in [1.29, 1.82) is 0 Å². The van der Waals surface area contributed by atoms with Gasteiger partial charge >= 0.3 is 0 Å². The van der Waals surface area contributed by atoms with Crippen molar-refractivity contribution in [2.24, 2.45) is 5.73 Å². The van der Waals surface area contributed by atoms with E-state index in [-0.39, 0.29) is 4.90 Å². The van der Waals surface area contributed by atoms with Crippen molar-refractivity contribution in [3.05, 3.63) is 36.3 Å². The largest absolute Gasteiger partial charge is 0.315 e. The number of nitrogens with two attached hydrogens (primary N) is 1. The highest BCUT2D eigenvalue weighted by Gasteiger charge is 2.14. The van der Waals surface area contributed by atoms with Gasteiger partial charge in [0.2, 0.25) is 10.0 Å². The molecule has 0 saturated carbocycles. The molecule has 3 N–H and O–H groups in total. The molecule has 0 aromatic heterocycles. The van der Waals surface area contributed by atoms with Crippen molar-refractivity contribution in [2.45, 2.75) is 18.0 Å². The lowest BCUT2D eigenvalue weighted by Gasteiger charge is -2.09. The van der Waals surface area contributed by atoms with Crippen LogP contribution in [0.5, 0.6) is 0 Å². The van der Waals surface area contributed by atoms with Gasteiger partial charge in [0.1, 0.15) is 0 Å². The number of rotatable bonds is 3. The normalized spacial score (nSPS) is 13.1. The van der Waals surface area contributed by atoms with Crippen LogP contribution in [0.3, 0.4) is 0 Å². The van der Waals surface area contributed by atoms with E-state index in [0.29, 0.717) is 5.56 Å². The first-order chi connectivity index (χ1) is 6.95. The summed E-state index contributed by atoms with van der Waals surface area (Å²) in [5.74, 6) is 2.16. The van der Waals surface area contributed by atoms with Crippen molar-refractivity contribution in [3.63, 3.8) is 0 Å². The molecule has 79 valence electrons. The molecule has 0 saturated heterocycles. The number of hydrogen-bond acceptors (Lipinski definition) is 3. The minimum atomic E-state index is -3.55. The number of nitrogens with one attached hydrogen (secondary N) is 1. The summed E-state index contributed by atoms with van der Waals surface area (Å²) in [5.41, 5.74) is 5.86. The first-order valence-electron chi connectivity index (χ1n) is 4.26. The number of hydrogen-bond donors (Lipinski definition) is 2. The van der Waals surface area contributed by atoms with Gasteiger partial charge in [-0.05, 0) is 37.6 Å². The van der Waals surface area contributed by atoms with Crippen LogP contribution >= 0.6 is 0 Å². The zero-order chi connectivity index (χ0) is 11.5. The fourth-order valence-electron chi connectivity index (χ4n) is 1.03. The highest BCUT2D eigenvalue weighted by molar-refractivity contribution is 7.89. The van der Waals surface area contributed by atoms with Gasteiger partial charge < -0.3 is 5.73 Å². The SMILES string of the molecule is [C]#Cc1ccc(S(=O)(=O)NC(C)N)cc1. The average Bonchev–Trinajstić information content (AvgIpc) is 2.16. The summed E-state index contributed by atoms with van der Waals surface area (Å²) < 4.78 is 25.4. The molecule has 0 fully saturated rings. The van der Waals surface area contributed by atoms with Crippen molar-refractivity contribution in [1.82, 2.24) is 4.72 Å². The lowest BCUT2D eigenvalue weighted by atomic mass is 10.2. The van der Waals surface area contributed by atoms with Gasteiger partial charge in [-0.2, -0.15) is 4.72 Å². The van der Waals surface area contributed by atoms with E-state index in [1.54, 1.807) is 0 Å². The molecule has 1 radical (unpaired) electrons. The molecule has 1 aromatic rings. The van der Waals surface area contributed by atoms with Gasteiger partial charge in [0, 0.05) is 5.56 Å². The van der Waals surface area contributed by atoms with Crippen molar-refractivity contribution < 1.29 is 8.42 Å².